The van der Waals surface area contributed by atoms with Gasteiger partial charge in [-0.3, -0.25) is 0 Å². The van der Waals surface area contributed by atoms with Gasteiger partial charge in [0.25, 0.3) is 0 Å². The van der Waals surface area contributed by atoms with Crippen LogP contribution in [0.5, 0.6) is 11.5 Å². The van der Waals surface area contributed by atoms with Crippen molar-refractivity contribution in [1.82, 2.24) is 0 Å². The molecule has 0 radical (unpaired) electrons. The maximum Gasteiger partial charge on any atom is 0.231 e. The molecule has 0 saturated heterocycles. The van der Waals surface area contributed by atoms with Crippen molar-refractivity contribution in [3.05, 3.63) is 64.5 Å². The molecule has 4 aromatic rings. The molecule has 3 nitrogen and oxygen atoms in total. The monoisotopic (exact) mass is 385 g/mol. The third kappa shape index (κ3) is 2.43. The number of thiophene rings is 1. The van der Waals surface area contributed by atoms with Crippen LogP contribution in [-0.4, -0.2) is 5.54 Å². The largest absolute Gasteiger partial charge is 0.456 e. The minimum Gasteiger partial charge on any atom is -0.456 e. The van der Waals surface area contributed by atoms with Gasteiger partial charge in [0.15, 0.2) is 6.20 Å². The first-order valence-electron chi connectivity index (χ1n) is 9.41. The molecular weight excluding hydrogens is 364 g/mol. The number of hydrogen-bond donors (Lipinski definition) is 0. The summed E-state index contributed by atoms with van der Waals surface area (Å²) in [5.41, 5.74) is 4.38. The fourth-order valence-corrected chi connectivity index (χ4v) is 5.18. The molecule has 0 atom stereocenters. The minimum absolute atomic E-state index is 0.422. The molecule has 1 aliphatic heterocycles. The third-order valence-electron chi connectivity index (χ3n) is 5.60. The third-order valence-corrected chi connectivity index (χ3v) is 6.65. The van der Waals surface area contributed by atoms with Crippen molar-refractivity contribution >= 4 is 32.2 Å². The summed E-state index contributed by atoms with van der Waals surface area (Å²) >= 11 is 1.78. The summed E-state index contributed by atoms with van der Waals surface area (Å²) in [6, 6.07) is 10.8. The summed E-state index contributed by atoms with van der Waals surface area (Å²) < 4.78 is 9.98. The van der Waals surface area contributed by atoms with Crippen LogP contribution in [0.2, 0.25) is 0 Å². The first kappa shape index (κ1) is 17.2. The predicted molar refractivity (Wildman–Crippen MR) is 115 cm³/mol. The molecule has 0 N–H and O–H groups in total. The van der Waals surface area contributed by atoms with Crippen LogP contribution >= 0.6 is 11.3 Å². The second kappa shape index (κ2) is 5.80. The van der Waals surface area contributed by atoms with Crippen LogP contribution in [0, 0.1) is 13.5 Å². The average molecular weight is 386 g/mol. The van der Waals surface area contributed by atoms with E-state index in [4.69, 9.17) is 11.3 Å². The molecule has 2 aromatic heterocycles. The van der Waals surface area contributed by atoms with E-state index in [9.17, 15) is 0 Å². The van der Waals surface area contributed by atoms with Gasteiger partial charge in [-0.05, 0) is 52.4 Å². The molecule has 0 bridgehead atoms. The average Bonchev–Trinajstić information content (AvgIpc) is 3.12. The Labute approximate surface area is 168 Å². The van der Waals surface area contributed by atoms with Gasteiger partial charge in [-0.1, -0.05) is 6.07 Å². The standard InChI is InChI=1S/C24H21N2OS/c1-14-20-19(12-17-7-9-28-23(14)17)27-18-11-15(13-24(2,3)25-4)10-16-6-8-26(5)22(20)21(16)18/h6-12H,13H2,1-3,5H3/q+1. The summed E-state index contributed by atoms with van der Waals surface area (Å²) in [7, 11) is 2.10. The number of ether oxygens (including phenoxy) is 1. The molecular formula is C24H21N2OS+. The Balaban J connectivity index is 1.82. The highest BCUT2D eigenvalue weighted by Gasteiger charge is 2.32. The van der Waals surface area contributed by atoms with Gasteiger partial charge >= 0.3 is 0 Å². The first-order chi connectivity index (χ1) is 13.4. The zero-order valence-electron chi connectivity index (χ0n) is 16.5. The quantitative estimate of drug-likeness (QED) is 0.261. The Morgan fingerprint density at radius 2 is 1.96 bits per heavy atom. The normalized spacial score (nSPS) is 12.7. The molecule has 4 heteroatoms. The number of rotatable bonds is 2. The van der Waals surface area contributed by atoms with Gasteiger partial charge in [-0.25, -0.2) is 11.1 Å². The molecule has 0 aliphatic carbocycles. The topological polar surface area (TPSA) is 17.5 Å². The van der Waals surface area contributed by atoms with Gasteiger partial charge in [-0.2, -0.15) is 0 Å². The van der Waals surface area contributed by atoms with Gasteiger partial charge in [0.05, 0.1) is 17.4 Å². The number of pyridine rings is 1. The van der Waals surface area contributed by atoms with E-state index >= 15 is 0 Å². The molecule has 3 heterocycles. The molecule has 5 rings (SSSR count). The maximum atomic E-state index is 7.46. The highest BCUT2D eigenvalue weighted by Crippen LogP contribution is 2.49. The van der Waals surface area contributed by atoms with Crippen LogP contribution in [0.4, 0.5) is 0 Å². The van der Waals surface area contributed by atoms with Crippen LogP contribution in [0.3, 0.4) is 0 Å². The lowest BCUT2D eigenvalue weighted by atomic mass is 9.91. The summed E-state index contributed by atoms with van der Waals surface area (Å²) in [6.07, 6.45) is 2.83. The van der Waals surface area contributed by atoms with Crippen molar-refractivity contribution in [1.29, 1.82) is 0 Å². The molecule has 0 saturated carbocycles. The second-order valence-corrected chi connectivity index (χ2v) is 9.17. The maximum absolute atomic E-state index is 7.46. The van der Waals surface area contributed by atoms with Crippen LogP contribution < -0.4 is 9.30 Å². The Hall–Kier alpha value is -2.90. The zero-order chi connectivity index (χ0) is 19.6. The number of aryl methyl sites for hydroxylation is 2. The summed E-state index contributed by atoms with van der Waals surface area (Å²) in [6.45, 7) is 13.6. The van der Waals surface area contributed by atoms with Crippen molar-refractivity contribution in [2.45, 2.75) is 32.7 Å². The lowest BCUT2D eigenvalue weighted by Crippen LogP contribution is -2.31. The summed E-state index contributed by atoms with van der Waals surface area (Å²) in [5.74, 6) is 1.81. The lowest BCUT2D eigenvalue weighted by molar-refractivity contribution is -0.659. The van der Waals surface area contributed by atoms with E-state index in [1.54, 1.807) is 11.3 Å². The van der Waals surface area contributed by atoms with E-state index in [0.717, 1.165) is 27.8 Å². The fraction of sp³-hybridized carbons (Fsp3) is 0.250. The number of nitrogens with zero attached hydrogens (tertiary/aromatic N) is 2. The first-order valence-corrected chi connectivity index (χ1v) is 10.3. The Kier molecular flexibility index (Phi) is 3.56. The van der Waals surface area contributed by atoms with Gasteiger partial charge < -0.3 is 9.58 Å². The summed E-state index contributed by atoms with van der Waals surface area (Å²) in [4.78, 5) is 3.78. The molecule has 28 heavy (non-hydrogen) atoms. The fourth-order valence-electron chi connectivity index (χ4n) is 4.29. The summed E-state index contributed by atoms with van der Waals surface area (Å²) in [5, 5.41) is 5.69. The number of fused-ring (bicyclic) bond motifs is 3. The SMILES string of the molecule is [C-]#[N+]C(C)(C)Cc1cc2c3c([n+](C)ccc3c1)-c1c(cc3ccsc3c1C)O2. The smallest absolute Gasteiger partial charge is 0.231 e. The Morgan fingerprint density at radius 1 is 1.14 bits per heavy atom. The van der Waals surface area contributed by atoms with E-state index in [0.29, 0.717) is 6.42 Å². The zero-order valence-corrected chi connectivity index (χ0v) is 17.3. The van der Waals surface area contributed by atoms with Crippen molar-refractivity contribution in [2.24, 2.45) is 7.05 Å². The van der Waals surface area contributed by atoms with Crippen LogP contribution in [-0.2, 0) is 13.5 Å². The number of aromatic nitrogens is 1. The van der Waals surface area contributed by atoms with Crippen LogP contribution in [0.1, 0.15) is 25.0 Å². The lowest BCUT2D eigenvalue weighted by Gasteiger charge is -2.22. The van der Waals surface area contributed by atoms with Crippen molar-refractivity contribution in [2.75, 3.05) is 0 Å². The van der Waals surface area contributed by atoms with Crippen LogP contribution in [0.25, 0.3) is 37.0 Å². The molecule has 1 aliphatic rings. The van der Waals surface area contributed by atoms with E-state index in [1.807, 2.05) is 13.8 Å². The van der Waals surface area contributed by atoms with Crippen molar-refractivity contribution in [3.8, 4) is 22.8 Å². The van der Waals surface area contributed by atoms with Crippen molar-refractivity contribution in [3.63, 3.8) is 0 Å². The highest BCUT2D eigenvalue weighted by molar-refractivity contribution is 7.17. The van der Waals surface area contributed by atoms with E-state index in [2.05, 4.69) is 65.3 Å². The molecule has 0 amide bonds. The van der Waals surface area contributed by atoms with Gasteiger partial charge in [0, 0.05) is 24.6 Å². The second-order valence-electron chi connectivity index (χ2n) is 8.25. The van der Waals surface area contributed by atoms with E-state index in [-0.39, 0.29) is 0 Å². The predicted octanol–water partition coefficient (Wildman–Crippen LogP) is 6.20. The molecule has 2 aromatic carbocycles. The Morgan fingerprint density at radius 3 is 2.75 bits per heavy atom. The van der Waals surface area contributed by atoms with E-state index in [1.165, 1.54) is 26.9 Å². The highest BCUT2D eigenvalue weighted by atomic mass is 32.1. The number of benzene rings is 2. The molecule has 138 valence electrons. The van der Waals surface area contributed by atoms with E-state index < -0.39 is 5.54 Å². The number of hydrogen-bond acceptors (Lipinski definition) is 2. The van der Waals surface area contributed by atoms with Gasteiger partial charge in [-0.15, -0.1) is 11.3 Å². The Bertz CT molecular complexity index is 1320. The molecule has 0 fully saturated rings. The van der Waals surface area contributed by atoms with Crippen LogP contribution in [0.15, 0.2) is 41.9 Å². The van der Waals surface area contributed by atoms with Gasteiger partial charge in [0.2, 0.25) is 11.2 Å². The van der Waals surface area contributed by atoms with Crippen molar-refractivity contribution < 1.29 is 9.30 Å². The minimum atomic E-state index is -0.422. The van der Waals surface area contributed by atoms with Gasteiger partial charge in [0.1, 0.15) is 18.5 Å². The molecule has 0 unspecified atom stereocenters. The molecule has 0 spiro atoms.